The molecule has 6 nitrogen and oxygen atoms in total. The van der Waals surface area contributed by atoms with Crippen LogP contribution in [0.1, 0.15) is 28.8 Å². The second-order valence-corrected chi connectivity index (χ2v) is 10.3. The van der Waals surface area contributed by atoms with Crippen molar-refractivity contribution >= 4 is 29.0 Å². The number of halogens is 2. The Bertz CT molecular complexity index is 1190. The maximum Gasteiger partial charge on any atom is 0.322 e. The van der Waals surface area contributed by atoms with Gasteiger partial charge in [0.15, 0.2) is 0 Å². The molecule has 0 radical (unpaired) electrons. The van der Waals surface area contributed by atoms with Crippen LogP contribution in [0.3, 0.4) is 0 Å². The van der Waals surface area contributed by atoms with Gasteiger partial charge in [-0.1, -0.05) is 18.2 Å². The summed E-state index contributed by atoms with van der Waals surface area (Å²) in [4.78, 5) is 33.4. The van der Waals surface area contributed by atoms with Crippen molar-refractivity contribution in [3.05, 3.63) is 87.6 Å². The molecule has 0 bridgehead atoms. The number of urea groups is 1. The molecule has 1 aliphatic rings. The van der Waals surface area contributed by atoms with Gasteiger partial charge in [-0.2, -0.15) is 0 Å². The van der Waals surface area contributed by atoms with Gasteiger partial charge in [0.05, 0.1) is 6.54 Å². The van der Waals surface area contributed by atoms with Gasteiger partial charge in [0, 0.05) is 30.2 Å². The minimum Gasteiger partial charge on any atom is -0.332 e. The normalized spacial score (nSPS) is 13.5. The summed E-state index contributed by atoms with van der Waals surface area (Å²) in [6.45, 7) is 5.54. The first-order valence-electron chi connectivity index (χ1n) is 12.5. The largest absolute Gasteiger partial charge is 0.332 e. The predicted octanol–water partition coefficient (Wildman–Crippen LogP) is 5.49. The van der Waals surface area contributed by atoms with Crippen molar-refractivity contribution in [1.82, 2.24) is 14.7 Å². The van der Waals surface area contributed by atoms with E-state index >= 15 is 0 Å². The molecule has 1 N–H and O–H groups in total. The fraction of sp³-hybridized carbons (Fsp3) is 0.357. The number of likely N-dealkylation sites (tertiary alicyclic amines) is 1. The van der Waals surface area contributed by atoms with Crippen LogP contribution in [0.4, 0.5) is 19.3 Å². The van der Waals surface area contributed by atoms with E-state index in [0.29, 0.717) is 31.9 Å². The van der Waals surface area contributed by atoms with Crippen LogP contribution in [0.15, 0.2) is 60.0 Å². The van der Waals surface area contributed by atoms with Gasteiger partial charge in [-0.05, 0) is 85.8 Å². The van der Waals surface area contributed by atoms with Gasteiger partial charge in [0.25, 0.3) is 0 Å². The number of nitrogens with zero attached hydrogens (tertiary/aromatic N) is 3. The van der Waals surface area contributed by atoms with Crippen molar-refractivity contribution < 1.29 is 18.4 Å². The van der Waals surface area contributed by atoms with Gasteiger partial charge in [0.1, 0.15) is 18.2 Å². The first-order chi connectivity index (χ1) is 17.9. The highest BCUT2D eigenvalue weighted by Crippen LogP contribution is 2.20. The lowest BCUT2D eigenvalue weighted by Gasteiger charge is -2.29. The van der Waals surface area contributed by atoms with Crippen LogP contribution in [0.25, 0.3) is 0 Å². The van der Waals surface area contributed by atoms with Crippen molar-refractivity contribution in [2.45, 2.75) is 32.9 Å². The SMILES string of the molecule is Cc1ccsc1CN(Cc1ccc(F)cc1)C(=O)CN(CCN1CCCC1)C(=O)Nc1cccc(F)c1. The number of rotatable bonds is 10. The average molecular weight is 527 g/mol. The van der Waals surface area contributed by atoms with Crippen molar-refractivity contribution in [2.75, 3.05) is 38.0 Å². The fourth-order valence-electron chi connectivity index (χ4n) is 4.33. The van der Waals surface area contributed by atoms with E-state index in [4.69, 9.17) is 0 Å². The molecule has 1 saturated heterocycles. The van der Waals surface area contributed by atoms with E-state index < -0.39 is 11.8 Å². The standard InChI is InChI=1S/C28H32F2N4O2S/c1-21-11-16-37-26(21)19-34(18-22-7-9-23(29)10-8-22)27(35)20-33(15-14-32-12-2-3-13-32)28(36)31-25-6-4-5-24(30)17-25/h4-11,16-17H,2-3,12-15,18-20H2,1H3,(H,31,36). The summed E-state index contributed by atoms with van der Waals surface area (Å²) in [6, 6.07) is 13.3. The number of hydrogen-bond acceptors (Lipinski definition) is 4. The number of nitrogens with one attached hydrogen (secondary N) is 1. The van der Waals surface area contributed by atoms with Gasteiger partial charge in [-0.3, -0.25) is 4.79 Å². The Balaban J connectivity index is 1.51. The van der Waals surface area contributed by atoms with Gasteiger partial charge in [-0.15, -0.1) is 11.3 Å². The quantitative estimate of drug-likeness (QED) is 0.380. The van der Waals surface area contributed by atoms with Crippen LogP contribution < -0.4 is 5.32 Å². The molecule has 1 fully saturated rings. The third-order valence-electron chi connectivity index (χ3n) is 6.52. The van der Waals surface area contributed by atoms with E-state index in [1.165, 1.54) is 35.2 Å². The van der Waals surface area contributed by atoms with Crippen molar-refractivity contribution in [3.8, 4) is 0 Å². The lowest BCUT2D eigenvalue weighted by molar-refractivity contribution is -0.133. The van der Waals surface area contributed by atoms with E-state index in [0.717, 1.165) is 41.9 Å². The van der Waals surface area contributed by atoms with E-state index in [2.05, 4.69) is 10.2 Å². The number of amides is 3. The summed E-state index contributed by atoms with van der Waals surface area (Å²) >= 11 is 1.57. The Hall–Kier alpha value is -3.30. The van der Waals surface area contributed by atoms with E-state index in [9.17, 15) is 18.4 Å². The minimum atomic E-state index is -0.452. The minimum absolute atomic E-state index is 0.124. The molecule has 4 rings (SSSR count). The number of aryl methyl sites for hydroxylation is 1. The van der Waals surface area contributed by atoms with Crippen molar-refractivity contribution in [2.24, 2.45) is 0 Å². The Labute approximate surface area is 220 Å². The van der Waals surface area contributed by atoms with E-state index in [-0.39, 0.29) is 18.3 Å². The molecule has 37 heavy (non-hydrogen) atoms. The molecule has 0 saturated carbocycles. The Morgan fingerprint density at radius 2 is 1.73 bits per heavy atom. The summed E-state index contributed by atoms with van der Waals surface area (Å²) in [5.74, 6) is -1.000. The van der Waals surface area contributed by atoms with Gasteiger partial charge >= 0.3 is 6.03 Å². The molecule has 2 heterocycles. The first kappa shape index (κ1) is 26.8. The average Bonchev–Trinajstić information content (AvgIpc) is 3.54. The van der Waals surface area contributed by atoms with Gasteiger partial charge in [-0.25, -0.2) is 13.6 Å². The zero-order valence-corrected chi connectivity index (χ0v) is 21.8. The number of carbonyl (C=O) groups is 2. The molecule has 1 aliphatic heterocycles. The molecular weight excluding hydrogens is 494 g/mol. The Morgan fingerprint density at radius 3 is 2.41 bits per heavy atom. The maximum atomic E-state index is 13.7. The second-order valence-electron chi connectivity index (χ2n) is 9.31. The van der Waals surface area contributed by atoms with Crippen molar-refractivity contribution in [3.63, 3.8) is 0 Å². The highest BCUT2D eigenvalue weighted by Gasteiger charge is 2.24. The van der Waals surface area contributed by atoms with Crippen LogP contribution in [0.5, 0.6) is 0 Å². The van der Waals surface area contributed by atoms with Crippen LogP contribution in [-0.4, -0.2) is 59.4 Å². The third kappa shape index (κ3) is 7.84. The van der Waals surface area contributed by atoms with Crippen LogP contribution in [0.2, 0.25) is 0 Å². The van der Waals surface area contributed by atoms with Gasteiger partial charge < -0.3 is 20.0 Å². The lowest BCUT2D eigenvalue weighted by Crippen LogP contribution is -2.46. The highest BCUT2D eigenvalue weighted by atomic mass is 32.1. The molecule has 196 valence electrons. The molecule has 0 aliphatic carbocycles. The van der Waals surface area contributed by atoms with Crippen LogP contribution in [0, 0.1) is 18.6 Å². The molecule has 0 spiro atoms. The molecule has 2 aromatic carbocycles. The smallest absolute Gasteiger partial charge is 0.322 e. The molecule has 9 heteroatoms. The van der Waals surface area contributed by atoms with E-state index in [1.54, 1.807) is 34.4 Å². The molecular formula is C28H32F2N4O2S. The number of hydrogen-bond donors (Lipinski definition) is 1. The molecule has 3 aromatic rings. The van der Waals surface area contributed by atoms with Gasteiger partial charge in [0.2, 0.25) is 5.91 Å². The lowest BCUT2D eigenvalue weighted by atomic mass is 10.2. The zero-order valence-electron chi connectivity index (χ0n) is 21.0. The molecule has 1 aromatic heterocycles. The van der Waals surface area contributed by atoms with Crippen LogP contribution in [-0.2, 0) is 17.9 Å². The van der Waals surface area contributed by atoms with Crippen molar-refractivity contribution in [1.29, 1.82) is 0 Å². The number of benzene rings is 2. The maximum absolute atomic E-state index is 13.7. The summed E-state index contributed by atoms with van der Waals surface area (Å²) < 4.78 is 27.1. The molecule has 0 atom stereocenters. The topological polar surface area (TPSA) is 55.9 Å². The third-order valence-corrected chi connectivity index (χ3v) is 7.52. The predicted molar refractivity (Wildman–Crippen MR) is 142 cm³/mol. The molecule has 3 amide bonds. The fourth-order valence-corrected chi connectivity index (χ4v) is 5.26. The Kier molecular flexibility index (Phi) is 9.24. The summed E-state index contributed by atoms with van der Waals surface area (Å²) in [5.41, 5.74) is 2.23. The summed E-state index contributed by atoms with van der Waals surface area (Å²) in [7, 11) is 0. The monoisotopic (exact) mass is 526 g/mol. The molecule has 0 unspecified atom stereocenters. The number of anilines is 1. The highest BCUT2D eigenvalue weighted by molar-refractivity contribution is 7.10. The van der Waals surface area contributed by atoms with Crippen LogP contribution >= 0.6 is 11.3 Å². The zero-order chi connectivity index (χ0) is 26.2. The second kappa shape index (κ2) is 12.8. The van der Waals surface area contributed by atoms with E-state index in [1.807, 2.05) is 18.4 Å². The number of carbonyl (C=O) groups excluding carboxylic acids is 2. The first-order valence-corrected chi connectivity index (χ1v) is 13.3. The Morgan fingerprint density at radius 1 is 0.973 bits per heavy atom. The summed E-state index contributed by atoms with van der Waals surface area (Å²) in [6.07, 6.45) is 2.25. The summed E-state index contributed by atoms with van der Waals surface area (Å²) in [5, 5.41) is 4.72. The number of thiophene rings is 1.